The Morgan fingerprint density at radius 2 is 1.88 bits per heavy atom. The molecule has 0 fully saturated rings. The Hall–Kier alpha value is -2.60. The van der Waals surface area contributed by atoms with E-state index in [1.54, 1.807) is 44.5 Å². The molecule has 24 heavy (non-hydrogen) atoms. The van der Waals surface area contributed by atoms with Gasteiger partial charge >= 0.3 is 0 Å². The van der Waals surface area contributed by atoms with Crippen LogP contribution in [-0.2, 0) is 10.3 Å². The molecule has 0 N–H and O–H groups in total. The second-order valence-corrected chi connectivity index (χ2v) is 5.89. The number of fused-ring (bicyclic) bond motifs is 1. The van der Waals surface area contributed by atoms with E-state index in [2.05, 4.69) is 15.0 Å². The third-order valence-corrected chi connectivity index (χ3v) is 3.83. The number of hydrogen-bond donors (Lipinski definition) is 0. The van der Waals surface area contributed by atoms with Gasteiger partial charge in [0, 0.05) is 13.3 Å². The Morgan fingerprint density at radius 1 is 1.08 bits per heavy atom. The molecule has 3 aromatic rings. The van der Waals surface area contributed by atoms with Gasteiger partial charge in [0.05, 0.1) is 5.52 Å². The summed E-state index contributed by atoms with van der Waals surface area (Å²) in [5, 5.41) is 0. The van der Waals surface area contributed by atoms with Crippen molar-refractivity contribution in [2.24, 2.45) is 0 Å². The van der Waals surface area contributed by atoms with Gasteiger partial charge in [0.1, 0.15) is 22.5 Å². The van der Waals surface area contributed by atoms with Gasteiger partial charge in [-0.2, -0.15) is 0 Å². The van der Waals surface area contributed by atoms with Crippen molar-refractivity contribution in [3.05, 3.63) is 53.7 Å². The summed E-state index contributed by atoms with van der Waals surface area (Å²) in [7, 11) is 1.61. The quantitative estimate of drug-likeness (QED) is 0.720. The van der Waals surface area contributed by atoms with Crippen LogP contribution in [-0.4, -0.2) is 22.1 Å². The van der Waals surface area contributed by atoms with E-state index >= 15 is 0 Å². The highest BCUT2D eigenvalue weighted by molar-refractivity contribution is 5.75. The zero-order valence-electron chi connectivity index (χ0n) is 14.0. The monoisotopic (exact) mass is 327 g/mol. The topological polar surface area (TPSA) is 57.1 Å². The standard InChI is InChI=1S/C18H18FN3O2/c1-11-17(22-13-8-5-7-12(19)15(13)21-11)24-14-9-6-10-20-16(14)18(2,3)23-4/h5-10H,1-4H3. The van der Waals surface area contributed by atoms with Crippen LogP contribution in [0, 0.1) is 12.7 Å². The number of hydrogen-bond acceptors (Lipinski definition) is 5. The molecule has 2 heterocycles. The highest BCUT2D eigenvalue weighted by atomic mass is 19.1. The van der Waals surface area contributed by atoms with E-state index in [-0.39, 0.29) is 5.52 Å². The summed E-state index contributed by atoms with van der Waals surface area (Å²) in [4.78, 5) is 13.0. The average molecular weight is 327 g/mol. The molecule has 0 aliphatic heterocycles. The van der Waals surface area contributed by atoms with Crippen LogP contribution < -0.4 is 4.74 Å². The second-order valence-electron chi connectivity index (χ2n) is 5.89. The summed E-state index contributed by atoms with van der Waals surface area (Å²) in [6, 6.07) is 8.21. The van der Waals surface area contributed by atoms with Gasteiger partial charge in [-0.1, -0.05) is 6.07 Å². The number of benzene rings is 1. The maximum atomic E-state index is 13.8. The number of para-hydroxylation sites is 1. The molecule has 0 saturated heterocycles. The van der Waals surface area contributed by atoms with E-state index in [1.165, 1.54) is 6.07 Å². The van der Waals surface area contributed by atoms with Crippen LogP contribution >= 0.6 is 0 Å². The normalized spacial score (nSPS) is 11.7. The largest absolute Gasteiger partial charge is 0.435 e. The smallest absolute Gasteiger partial charge is 0.241 e. The van der Waals surface area contributed by atoms with Gasteiger partial charge in [-0.15, -0.1) is 0 Å². The summed E-state index contributed by atoms with van der Waals surface area (Å²) in [6.07, 6.45) is 1.68. The van der Waals surface area contributed by atoms with E-state index in [9.17, 15) is 4.39 Å². The maximum Gasteiger partial charge on any atom is 0.241 e. The molecule has 0 spiro atoms. The summed E-state index contributed by atoms with van der Waals surface area (Å²) >= 11 is 0. The summed E-state index contributed by atoms with van der Waals surface area (Å²) in [5.41, 5.74) is 1.18. The number of nitrogens with zero attached hydrogens (tertiary/aromatic N) is 3. The third-order valence-electron chi connectivity index (χ3n) is 3.83. The molecule has 5 nitrogen and oxygen atoms in total. The highest BCUT2D eigenvalue weighted by Crippen LogP contribution is 2.33. The second kappa shape index (κ2) is 6.13. The number of methoxy groups -OCH3 is 1. The first-order valence-electron chi connectivity index (χ1n) is 7.54. The van der Waals surface area contributed by atoms with Gasteiger partial charge < -0.3 is 9.47 Å². The van der Waals surface area contributed by atoms with Crippen molar-refractivity contribution >= 4 is 11.0 Å². The van der Waals surface area contributed by atoms with E-state index in [0.717, 1.165) is 0 Å². The van der Waals surface area contributed by atoms with Crippen LogP contribution in [0.4, 0.5) is 4.39 Å². The number of aromatic nitrogens is 3. The van der Waals surface area contributed by atoms with Gasteiger partial charge in [-0.25, -0.2) is 14.4 Å². The first-order valence-corrected chi connectivity index (χ1v) is 7.54. The minimum absolute atomic E-state index is 0.228. The molecule has 0 unspecified atom stereocenters. The van der Waals surface area contributed by atoms with Crippen LogP contribution in [0.2, 0.25) is 0 Å². The molecule has 6 heteroatoms. The summed E-state index contributed by atoms with van der Waals surface area (Å²) in [6.45, 7) is 5.53. The van der Waals surface area contributed by atoms with E-state index in [4.69, 9.17) is 9.47 Å². The number of pyridine rings is 1. The molecule has 0 bridgehead atoms. The van der Waals surface area contributed by atoms with E-state index < -0.39 is 11.4 Å². The fraction of sp³-hybridized carbons (Fsp3) is 0.278. The molecule has 0 atom stereocenters. The first kappa shape index (κ1) is 16.3. The third kappa shape index (κ3) is 2.92. The minimum atomic E-state index is -0.624. The fourth-order valence-electron chi connectivity index (χ4n) is 2.33. The predicted octanol–water partition coefficient (Wildman–Crippen LogP) is 4.15. The Morgan fingerprint density at radius 3 is 2.62 bits per heavy atom. The zero-order chi connectivity index (χ0) is 17.3. The van der Waals surface area contributed by atoms with Gasteiger partial charge in [0.15, 0.2) is 11.6 Å². The molecule has 0 aliphatic carbocycles. The molecule has 0 amide bonds. The number of halogens is 1. The molecule has 2 aromatic heterocycles. The SMILES string of the molecule is COC(C)(C)c1ncccc1Oc1nc2cccc(F)c2nc1C. The van der Waals surface area contributed by atoms with Crippen LogP contribution in [0.5, 0.6) is 11.6 Å². The van der Waals surface area contributed by atoms with Gasteiger partial charge in [-0.05, 0) is 45.0 Å². The lowest BCUT2D eigenvalue weighted by molar-refractivity contribution is 0.0137. The van der Waals surface area contributed by atoms with Gasteiger partial charge in [-0.3, -0.25) is 4.98 Å². The van der Waals surface area contributed by atoms with Crippen LogP contribution in [0.3, 0.4) is 0 Å². The molecule has 1 aromatic carbocycles. The first-order chi connectivity index (χ1) is 11.4. The maximum absolute atomic E-state index is 13.8. The summed E-state index contributed by atoms with van der Waals surface area (Å²) in [5.74, 6) is 0.434. The highest BCUT2D eigenvalue weighted by Gasteiger charge is 2.26. The van der Waals surface area contributed by atoms with Crippen molar-refractivity contribution in [2.45, 2.75) is 26.4 Å². The lowest BCUT2D eigenvalue weighted by Gasteiger charge is -2.24. The van der Waals surface area contributed by atoms with Crippen LogP contribution in [0.1, 0.15) is 25.2 Å². The fourth-order valence-corrected chi connectivity index (χ4v) is 2.33. The van der Waals surface area contributed by atoms with Gasteiger partial charge in [0.25, 0.3) is 0 Å². The molecule has 3 rings (SSSR count). The van der Waals surface area contributed by atoms with Crippen LogP contribution in [0.15, 0.2) is 36.5 Å². The Bertz CT molecular complexity index is 897. The van der Waals surface area contributed by atoms with Crippen molar-refractivity contribution in [2.75, 3.05) is 7.11 Å². The molecular weight excluding hydrogens is 309 g/mol. The van der Waals surface area contributed by atoms with E-state index in [0.29, 0.717) is 28.5 Å². The average Bonchev–Trinajstić information content (AvgIpc) is 2.57. The number of aryl methyl sites for hydroxylation is 1. The van der Waals surface area contributed by atoms with E-state index in [1.807, 2.05) is 13.8 Å². The number of ether oxygens (including phenoxy) is 2. The molecule has 0 saturated carbocycles. The number of rotatable bonds is 4. The Kier molecular flexibility index (Phi) is 4.15. The minimum Gasteiger partial charge on any atom is -0.435 e. The van der Waals surface area contributed by atoms with Crippen molar-refractivity contribution in [1.29, 1.82) is 0 Å². The van der Waals surface area contributed by atoms with Crippen molar-refractivity contribution < 1.29 is 13.9 Å². The lowest BCUT2D eigenvalue weighted by Crippen LogP contribution is -2.22. The molecule has 0 radical (unpaired) electrons. The molecule has 124 valence electrons. The van der Waals surface area contributed by atoms with Crippen LogP contribution in [0.25, 0.3) is 11.0 Å². The summed E-state index contributed by atoms with van der Waals surface area (Å²) < 4.78 is 25.2. The Labute approximate surface area is 139 Å². The van der Waals surface area contributed by atoms with Crippen molar-refractivity contribution in [1.82, 2.24) is 15.0 Å². The predicted molar refractivity (Wildman–Crippen MR) is 88.6 cm³/mol. The van der Waals surface area contributed by atoms with Crippen molar-refractivity contribution in [3.8, 4) is 11.6 Å². The Balaban J connectivity index is 2.07. The molecule has 0 aliphatic rings. The van der Waals surface area contributed by atoms with Crippen molar-refractivity contribution in [3.63, 3.8) is 0 Å². The zero-order valence-corrected chi connectivity index (χ0v) is 14.0. The van der Waals surface area contributed by atoms with Gasteiger partial charge in [0.2, 0.25) is 5.88 Å². The molecular formula is C18H18FN3O2. The lowest BCUT2D eigenvalue weighted by atomic mass is 10.0.